The maximum absolute atomic E-state index is 16.5. The van der Waals surface area contributed by atoms with Gasteiger partial charge in [0.1, 0.15) is 170 Å². The van der Waals surface area contributed by atoms with E-state index in [1.54, 1.807) is 20.8 Å². The Labute approximate surface area is 751 Å². The highest BCUT2D eigenvalue weighted by Gasteiger charge is 2.74. The highest BCUT2D eigenvalue weighted by molar-refractivity contribution is 5.87. The molecule has 4 saturated carbocycles. The number of allylic oxidation sites excluding steroid dienone is 3. The number of hydrogen-bond acceptors (Lipinski definition) is 42. The number of nitrogens with one attached hydrogen (secondary N) is 1. The Morgan fingerprint density at radius 2 is 1.10 bits per heavy atom. The van der Waals surface area contributed by atoms with E-state index in [0.717, 1.165) is 5.57 Å². The van der Waals surface area contributed by atoms with E-state index in [9.17, 15) is 122 Å². The maximum Gasteiger partial charge on any atom is 0.333 e. The molecule has 8 heterocycles. The number of rotatable bonds is 28. The first-order valence-electron chi connectivity index (χ1n) is 45.2. The van der Waals surface area contributed by atoms with Gasteiger partial charge >= 0.3 is 11.9 Å². The molecule has 8 aliphatic heterocycles. The minimum Gasteiger partial charge on any atom is -0.459 e. The Bertz CT molecular complexity index is 3920. The predicted molar refractivity (Wildman–Crippen MR) is 435 cm³/mol. The number of aliphatic hydroxyl groups excluding tert-OH is 20. The largest absolute Gasteiger partial charge is 0.459 e. The molecule has 8 saturated heterocycles. The molecular weight excluding hydrogens is 1730 g/mol. The molecule has 43 heteroatoms. The summed E-state index contributed by atoms with van der Waals surface area (Å²) >= 11 is 0. The maximum atomic E-state index is 16.5. The molecule has 0 radical (unpaired) electrons. The summed E-state index contributed by atoms with van der Waals surface area (Å²) in [6.45, 7) is 18.1. The highest BCUT2D eigenvalue weighted by Crippen LogP contribution is 2.76. The zero-order valence-corrected chi connectivity index (χ0v) is 75.0. The smallest absolute Gasteiger partial charge is 0.333 e. The monoisotopic (exact) mass is 1870 g/mol. The van der Waals surface area contributed by atoms with Crippen LogP contribution in [0.2, 0.25) is 0 Å². The van der Waals surface area contributed by atoms with Gasteiger partial charge in [-0.2, -0.15) is 0 Å². The number of hydrogen-bond donors (Lipinski definition) is 23. The Kier molecular flexibility index (Phi) is 32.0. The Morgan fingerprint density at radius 3 is 1.72 bits per heavy atom. The summed E-state index contributed by atoms with van der Waals surface area (Å²) in [6.07, 6.45) is -57.4. The second-order valence-corrected chi connectivity index (χ2v) is 40.3. The quantitative estimate of drug-likeness (QED) is 0.0150. The van der Waals surface area contributed by atoms with Gasteiger partial charge < -0.3 is 198 Å². The van der Waals surface area contributed by atoms with Crippen LogP contribution in [0.5, 0.6) is 0 Å². The first kappa shape index (κ1) is 104. The van der Waals surface area contributed by atoms with Crippen molar-refractivity contribution in [2.75, 3.05) is 52.9 Å². The lowest BCUT2D eigenvalue weighted by molar-refractivity contribution is -0.381. The highest BCUT2D eigenvalue weighted by atomic mass is 16.8. The molecule has 0 spiro atoms. The molecule has 46 atom stereocenters. The van der Waals surface area contributed by atoms with Crippen LogP contribution in [-0.2, 0) is 94.9 Å². The topological polar surface area (TPSA) is 665 Å². The summed E-state index contributed by atoms with van der Waals surface area (Å²) in [4.78, 5) is 44.0. The van der Waals surface area contributed by atoms with Crippen LogP contribution in [0.15, 0.2) is 36.0 Å². The van der Waals surface area contributed by atoms with E-state index in [4.69, 9.17) is 80.5 Å². The Balaban J connectivity index is 0.794. The Hall–Kier alpha value is -3.85. The van der Waals surface area contributed by atoms with Crippen LogP contribution in [0.3, 0.4) is 0 Å². The van der Waals surface area contributed by atoms with Gasteiger partial charge in [-0.1, -0.05) is 79.2 Å². The molecule has 23 N–H and O–H groups in total. The number of carbonyl (C=O) groups excluding carboxylic acids is 3. The van der Waals surface area contributed by atoms with E-state index in [1.165, 1.54) is 32.9 Å². The van der Waals surface area contributed by atoms with Crippen LogP contribution < -0.4 is 5.32 Å². The lowest BCUT2D eigenvalue weighted by atomic mass is 9.33. The van der Waals surface area contributed by atoms with Crippen molar-refractivity contribution in [1.82, 2.24) is 5.32 Å². The third kappa shape index (κ3) is 19.3. The van der Waals surface area contributed by atoms with E-state index in [1.807, 2.05) is 0 Å². The number of esters is 2. The van der Waals surface area contributed by atoms with Gasteiger partial charge in [-0.3, -0.25) is 9.59 Å². The minimum atomic E-state index is -2.29. The molecule has 13 aliphatic rings. The van der Waals surface area contributed by atoms with Gasteiger partial charge in [-0.15, -0.1) is 6.58 Å². The van der Waals surface area contributed by atoms with E-state index in [2.05, 4.69) is 52.6 Å². The summed E-state index contributed by atoms with van der Waals surface area (Å²) < 4.78 is 104. The zero-order valence-electron chi connectivity index (χ0n) is 75.0. The fourth-order valence-corrected chi connectivity index (χ4v) is 23.0. The van der Waals surface area contributed by atoms with Crippen molar-refractivity contribution >= 4 is 17.8 Å². The first-order chi connectivity index (χ1) is 60.9. The number of fused-ring (bicyclic) bond motifs is 7. The van der Waals surface area contributed by atoms with Crippen LogP contribution >= 0.6 is 0 Å². The van der Waals surface area contributed by atoms with Crippen molar-refractivity contribution in [1.29, 1.82) is 0 Å². The molecule has 46 unspecified atom stereocenters. The molecule has 13 rings (SSSR count). The summed E-state index contributed by atoms with van der Waals surface area (Å²) in [5.41, 5.74) is -8.22. The third-order valence-corrected chi connectivity index (χ3v) is 31.5. The van der Waals surface area contributed by atoms with Crippen molar-refractivity contribution in [3.8, 4) is 0 Å². The molecule has 0 aromatic carbocycles. The molecule has 1 amide bonds. The standard InChI is InChI=1S/C87H139NO42/c1-13-82(9,112)21-15-16-35(3)70(110)114-32-44-64(126-75-61(105)57(101)53(97)42(28-90)121-75)62(106)66(129-74-59(103)54(98)43(31-117-74)122-78-69(109)86(113,14-2)34-119-78)77(124-44)130-79(111)87-25-24-84(11)37(38(87)26-80(5,6)67(107)68(87)108)17-18-47-83(10)22-20-48(81(7,8)46(83)19-23-85(47,84)12)125-71-49(88-36(4)91)55(99)63(45(123-71)33-118-72-60(104)56(100)52(96)41(27-89)120-72)127-76-65(51(95)40(93)30-116-76)128-73-58(102)50(94)39(92)29-115-73/h13,16-17,38-69,71-78,89-90,92-109,112-113H,1,14-15,18-34H2,2-12H3,(H,88,91)/b35-16+. The van der Waals surface area contributed by atoms with Crippen molar-refractivity contribution < 1.29 is 207 Å². The van der Waals surface area contributed by atoms with Gasteiger partial charge in [0.15, 0.2) is 50.1 Å². The van der Waals surface area contributed by atoms with Crippen LogP contribution in [0, 0.1) is 50.2 Å². The second kappa shape index (κ2) is 40.2. The molecule has 12 fully saturated rings. The summed E-state index contributed by atoms with van der Waals surface area (Å²) in [5, 5.41) is 251. The first-order valence-corrected chi connectivity index (χ1v) is 45.2. The lowest BCUT2D eigenvalue weighted by Crippen LogP contribution is -2.70. The molecule has 744 valence electrons. The third-order valence-electron chi connectivity index (χ3n) is 31.5. The average Bonchev–Trinajstić information content (AvgIpc) is 0.704. The average molecular weight is 1870 g/mol. The van der Waals surface area contributed by atoms with Gasteiger partial charge in [0.25, 0.3) is 0 Å². The van der Waals surface area contributed by atoms with E-state index < -0.39 is 341 Å². The number of ether oxygens (including phenoxy) is 17. The summed E-state index contributed by atoms with van der Waals surface area (Å²) in [5.74, 6) is -4.08. The van der Waals surface area contributed by atoms with Gasteiger partial charge in [-0.05, 0) is 129 Å². The van der Waals surface area contributed by atoms with E-state index >= 15 is 4.79 Å². The van der Waals surface area contributed by atoms with Gasteiger partial charge in [0, 0.05) is 12.5 Å². The van der Waals surface area contributed by atoms with Gasteiger partial charge in [0.2, 0.25) is 12.2 Å². The van der Waals surface area contributed by atoms with Crippen LogP contribution in [0.1, 0.15) is 147 Å². The van der Waals surface area contributed by atoms with E-state index in [-0.39, 0.29) is 62.5 Å². The molecule has 0 aromatic heterocycles. The summed E-state index contributed by atoms with van der Waals surface area (Å²) in [7, 11) is 0. The SMILES string of the molecule is C=CC(C)(O)CC/C=C(\C)C(=O)OCC1OC(OC(=O)C23CCC4(C)C(=CCC5C6(C)CCC(OC7OC(COC8OC(CO)C(O)C(O)C8O)C(OC8OCC(O)C(O)C8OC8OCC(O)C(O)C8O)C(O)C7NC(C)=O)C(C)(C)C6CCC54C)C2CC(C)(C)C(O)C3O)C(OC2OCC(OC3OCC(O)(CC)C3O)C(O)C2O)C(O)C1OC1OC(CO)C(O)C(O)C1O. The molecule has 0 bridgehead atoms. The van der Waals surface area contributed by atoms with Crippen LogP contribution in [0.4, 0.5) is 0 Å². The zero-order chi connectivity index (χ0) is 95.3. The van der Waals surface area contributed by atoms with Crippen molar-refractivity contribution in [3.63, 3.8) is 0 Å². The lowest BCUT2D eigenvalue weighted by Gasteiger charge is -2.71. The number of carbonyl (C=O) groups is 3. The molecule has 5 aliphatic carbocycles. The van der Waals surface area contributed by atoms with Crippen LogP contribution in [-0.4, -0.2) is 422 Å². The van der Waals surface area contributed by atoms with Crippen molar-refractivity contribution in [3.05, 3.63) is 36.0 Å². The molecule has 130 heavy (non-hydrogen) atoms. The molecule has 43 nitrogen and oxygen atoms in total. The minimum absolute atomic E-state index is 0.0227. The van der Waals surface area contributed by atoms with Gasteiger partial charge in [0.05, 0.1) is 70.2 Å². The van der Waals surface area contributed by atoms with Crippen LogP contribution in [0.25, 0.3) is 0 Å². The summed E-state index contributed by atoms with van der Waals surface area (Å²) in [6, 6.07) is -1.51. The fraction of sp³-hybridized carbons (Fsp3) is 0.897. The van der Waals surface area contributed by atoms with Crippen molar-refractivity contribution in [2.24, 2.45) is 50.2 Å². The Morgan fingerprint density at radius 1 is 0.546 bits per heavy atom. The van der Waals surface area contributed by atoms with Gasteiger partial charge in [-0.25, -0.2) is 4.79 Å². The second-order valence-electron chi connectivity index (χ2n) is 40.3. The fourth-order valence-electron chi connectivity index (χ4n) is 23.0. The number of amides is 1. The normalized spacial score (nSPS) is 50.1. The predicted octanol–water partition coefficient (Wildman–Crippen LogP) is -6.46. The molecular formula is C87H139NO42. The number of aliphatic hydroxyl groups is 22. The van der Waals surface area contributed by atoms with E-state index in [0.29, 0.717) is 32.1 Å². The molecule has 0 aromatic rings. The van der Waals surface area contributed by atoms with Crippen molar-refractivity contribution in [2.45, 2.75) is 385 Å².